The number of benzene rings is 3. The topological polar surface area (TPSA) is 0 Å². The smallest absolute Gasteiger partial charge is 0.214 e. The Morgan fingerprint density at radius 3 is 1.70 bits per heavy atom. The second-order valence-corrected chi connectivity index (χ2v) is 9.29. The van der Waals surface area contributed by atoms with Gasteiger partial charge in [-0.05, 0) is 25.5 Å². The van der Waals surface area contributed by atoms with Gasteiger partial charge >= 0.3 is 26.2 Å². The summed E-state index contributed by atoms with van der Waals surface area (Å²) in [6.45, 7) is 5.42. The Morgan fingerprint density at radius 2 is 1.27 bits per heavy atom. The van der Waals surface area contributed by atoms with Crippen molar-refractivity contribution in [1.82, 2.24) is 0 Å². The zero-order valence-electron chi connectivity index (χ0n) is 19.0. The Hall–Kier alpha value is -2.59. The second kappa shape index (κ2) is 15.3. The molecular formula is C31H29PZr. The molecule has 5 aromatic carbocycles. The molecule has 0 radical (unpaired) electrons. The molecule has 2 heteroatoms. The molecule has 0 atom stereocenters. The molecule has 0 fully saturated rings. The molecule has 0 aromatic heterocycles. The molecule has 0 aliphatic rings. The summed E-state index contributed by atoms with van der Waals surface area (Å²) < 4.78 is 0. The molecular weight excluding hydrogens is 495 g/mol. The minimum atomic E-state index is -0.493. The maximum Gasteiger partial charge on any atom is 2.00 e. The van der Waals surface area contributed by atoms with Gasteiger partial charge in [0.15, 0.2) is 0 Å². The van der Waals surface area contributed by atoms with E-state index in [4.69, 9.17) is 0 Å². The molecule has 5 rings (SSSR count). The van der Waals surface area contributed by atoms with Crippen molar-refractivity contribution < 1.29 is 26.2 Å². The van der Waals surface area contributed by atoms with Gasteiger partial charge in [-0.1, -0.05) is 91.5 Å². The molecule has 0 saturated carbocycles. The molecule has 0 aliphatic heterocycles. The van der Waals surface area contributed by atoms with Gasteiger partial charge in [0.2, 0.25) is 0 Å². The predicted octanol–water partition coefficient (Wildman–Crippen LogP) is 7.47. The van der Waals surface area contributed by atoms with Gasteiger partial charge in [0.05, 0.1) is 0 Å². The van der Waals surface area contributed by atoms with E-state index in [9.17, 15) is 0 Å². The van der Waals surface area contributed by atoms with Crippen LogP contribution in [0.2, 0.25) is 0 Å². The van der Waals surface area contributed by atoms with Crippen LogP contribution < -0.4 is 15.9 Å². The van der Waals surface area contributed by atoms with E-state index < -0.39 is 7.92 Å². The standard InChI is InChI=1S/C21H16P.C5H5.C5H8.Zr/c1-3-11-19(12-4-1)22(20-13-5-2-6-14-20)21-15-17-9-7-8-10-18(17)16-21;1-2-4-5-3-1;1-3-5-4-2;/h1-16H;1-5H;3-5H,1H2,2H3;/q2*-1;;+2. The van der Waals surface area contributed by atoms with Gasteiger partial charge in [-0.25, -0.2) is 12.1 Å². The minimum Gasteiger partial charge on any atom is -0.214 e. The summed E-state index contributed by atoms with van der Waals surface area (Å²) in [7, 11) is -0.493. The SMILES string of the molecule is C=CC=CC.[Zr+2].c1cc[cH-]c1.c1ccc(P(c2ccccc2)c2cc3ccccc3[cH-]2)cc1. The van der Waals surface area contributed by atoms with Gasteiger partial charge in [0.25, 0.3) is 0 Å². The molecule has 0 unspecified atom stereocenters. The molecule has 0 bridgehead atoms. The van der Waals surface area contributed by atoms with Crippen LogP contribution in [0.3, 0.4) is 0 Å². The van der Waals surface area contributed by atoms with Gasteiger partial charge < -0.3 is 0 Å². The first-order valence-electron chi connectivity index (χ1n) is 10.8. The largest absolute Gasteiger partial charge is 2.00 e. The Morgan fingerprint density at radius 1 is 0.727 bits per heavy atom. The normalized spacial score (nSPS) is 10.0. The first-order valence-corrected chi connectivity index (χ1v) is 12.1. The number of allylic oxidation sites excluding steroid dienone is 3. The second-order valence-electron chi connectivity index (χ2n) is 7.07. The maximum atomic E-state index is 3.46. The average Bonchev–Trinajstić information content (AvgIpc) is 3.55. The molecule has 0 saturated heterocycles. The van der Waals surface area contributed by atoms with E-state index in [-0.39, 0.29) is 26.2 Å². The molecule has 0 spiro atoms. The summed E-state index contributed by atoms with van der Waals surface area (Å²) >= 11 is 0. The van der Waals surface area contributed by atoms with Crippen LogP contribution in [0.1, 0.15) is 6.92 Å². The summed E-state index contributed by atoms with van der Waals surface area (Å²) in [6, 6.07) is 45.0. The van der Waals surface area contributed by atoms with Gasteiger partial charge in [-0.3, -0.25) is 0 Å². The Kier molecular flexibility index (Phi) is 12.4. The van der Waals surface area contributed by atoms with Crippen LogP contribution >= 0.6 is 7.92 Å². The van der Waals surface area contributed by atoms with Crippen LogP contribution in [0, 0.1) is 0 Å². The first kappa shape index (κ1) is 26.7. The first-order chi connectivity index (χ1) is 15.8. The van der Waals surface area contributed by atoms with Crippen molar-refractivity contribution in [2.24, 2.45) is 0 Å². The van der Waals surface area contributed by atoms with Crippen LogP contribution in [0.15, 0.2) is 152 Å². The third-order valence-corrected chi connectivity index (χ3v) is 7.18. The molecule has 33 heavy (non-hydrogen) atoms. The van der Waals surface area contributed by atoms with Crippen LogP contribution in [0.5, 0.6) is 0 Å². The molecule has 162 valence electrons. The van der Waals surface area contributed by atoms with Crippen molar-refractivity contribution in [3.63, 3.8) is 0 Å². The Balaban J connectivity index is 0.000000294. The van der Waals surface area contributed by atoms with Crippen molar-refractivity contribution in [1.29, 1.82) is 0 Å². The van der Waals surface area contributed by atoms with E-state index in [1.165, 1.54) is 26.7 Å². The molecule has 5 aromatic rings. The maximum absolute atomic E-state index is 3.46. The van der Waals surface area contributed by atoms with Crippen molar-refractivity contribution in [2.75, 3.05) is 0 Å². The third-order valence-electron chi connectivity index (χ3n) is 4.77. The van der Waals surface area contributed by atoms with Crippen LogP contribution in [0.4, 0.5) is 0 Å². The van der Waals surface area contributed by atoms with Crippen LogP contribution in [-0.4, -0.2) is 0 Å². The summed E-state index contributed by atoms with van der Waals surface area (Å²) in [6.07, 6.45) is 5.58. The van der Waals surface area contributed by atoms with Gasteiger partial charge in [0, 0.05) is 0 Å². The van der Waals surface area contributed by atoms with Crippen molar-refractivity contribution in [2.45, 2.75) is 6.92 Å². The molecule has 0 amide bonds. The monoisotopic (exact) mass is 522 g/mol. The quantitative estimate of drug-likeness (QED) is 0.130. The minimum absolute atomic E-state index is 0. The number of hydrogen-bond donors (Lipinski definition) is 0. The van der Waals surface area contributed by atoms with E-state index in [2.05, 4.69) is 104 Å². The van der Waals surface area contributed by atoms with Crippen molar-refractivity contribution >= 4 is 34.6 Å². The summed E-state index contributed by atoms with van der Waals surface area (Å²) in [5, 5.41) is 6.89. The van der Waals surface area contributed by atoms with E-state index in [1.54, 1.807) is 6.08 Å². The Bertz CT molecular complexity index is 1100. The predicted molar refractivity (Wildman–Crippen MR) is 145 cm³/mol. The molecule has 0 nitrogen and oxygen atoms in total. The average molecular weight is 524 g/mol. The van der Waals surface area contributed by atoms with E-state index in [0.717, 1.165) is 0 Å². The molecule has 0 heterocycles. The number of fused-ring (bicyclic) bond motifs is 1. The van der Waals surface area contributed by atoms with Gasteiger partial charge in [0.1, 0.15) is 0 Å². The summed E-state index contributed by atoms with van der Waals surface area (Å²) in [5.74, 6) is 0. The molecule has 0 aliphatic carbocycles. The van der Waals surface area contributed by atoms with Crippen molar-refractivity contribution in [3.05, 3.63) is 152 Å². The zero-order chi connectivity index (χ0) is 22.4. The fourth-order valence-corrected chi connectivity index (χ4v) is 5.69. The summed E-state index contributed by atoms with van der Waals surface area (Å²) in [4.78, 5) is 0. The van der Waals surface area contributed by atoms with Crippen LogP contribution in [-0.2, 0) is 26.2 Å². The van der Waals surface area contributed by atoms with Gasteiger partial charge in [-0.2, -0.15) is 24.3 Å². The summed E-state index contributed by atoms with van der Waals surface area (Å²) in [5.41, 5.74) is 0. The van der Waals surface area contributed by atoms with Crippen molar-refractivity contribution in [3.8, 4) is 0 Å². The number of rotatable bonds is 4. The van der Waals surface area contributed by atoms with E-state index in [1.807, 2.05) is 49.4 Å². The zero-order valence-corrected chi connectivity index (χ0v) is 22.4. The third kappa shape index (κ3) is 8.36. The van der Waals surface area contributed by atoms with Gasteiger partial charge in [-0.15, -0.1) is 40.3 Å². The fourth-order valence-electron chi connectivity index (χ4n) is 3.32. The fraction of sp³-hybridized carbons (Fsp3) is 0.0323. The van der Waals surface area contributed by atoms with E-state index in [0.29, 0.717) is 0 Å². The molecule has 0 N–H and O–H groups in total. The Labute approximate surface area is 218 Å². The van der Waals surface area contributed by atoms with E-state index >= 15 is 0 Å². The van der Waals surface area contributed by atoms with Crippen LogP contribution in [0.25, 0.3) is 10.8 Å². The number of hydrogen-bond acceptors (Lipinski definition) is 0.